The monoisotopic (exact) mass is 366 g/mol. The first-order valence-corrected chi connectivity index (χ1v) is 9.07. The van der Waals surface area contributed by atoms with E-state index in [1.807, 2.05) is 0 Å². The molecule has 2 aromatic rings. The molecule has 0 spiro atoms. The summed E-state index contributed by atoms with van der Waals surface area (Å²) < 4.78 is 39.7. The van der Waals surface area contributed by atoms with Crippen LogP contribution in [0.1, 0.15) is 28.9 Å². The van der Waals surface area contributed by atoms with Crippen molar-refractivity contribution >= 4 is 15.9 Å². The van der Waals surface area contributed by atoms with Crippen molar-refractivity contribution in [3.8, 4) is 5.75 Å². The number of nitrogens with one attached hydrogen (secondary N) is 2. The van der Waals surface area contributed by atoms with Crippen LogP contribution in [-0.4, -0.2) is 32.7 Å². The van der Waals surface area contributed by atoms with E-state index in [0.717, 1.165) is 0 Å². The fraction of sp³-hybridized carbons (Fsp3) is 0.235. The summed E-state index contributed by atoms with van der Waals surface area (Å²) in [5.74, 6) is -0.452. The van der Waals surface area contributed by atoms with Gasteiger partial charge in [0.05, 0.1) is 4.90 Å². The Bertz CT molecular complexity index is 838. The van der Waals surface area contributed by atoms with Gasteiger partial charge in [0, 0.05) is 18.2 Å². The van der Waals surface area contributed by atoms with Gasteiger partial charge in [-0.3, -0.25) is 4.79 Å². The van der Waals surface area contributed by atoms with E-state index in [-0.39, 0.29) is 22.8 Å². The molecule has 3 N–H and O–H groups in total. The lowest BCUT2D eigenvalue weighted by Crippen LogP contribution is -2.28. The minimum absolute atomic E-state index is 0.0639. The Morgan fingerprint density at radius 2 is 1.88 bits per heavy atom. The quantitative estimate of drug-likeness (QED) is 0.699. The molecule has 0 aliphatic rings. The fourth-order valence-corrected chi connectivity index (χ4v) is 3.48. The molecule has 2 rings (SSSR count). The van der Waals surface area contributed by atoms with Gasteiger partial charge in [-0.15, -0.1) is 0 Å². The molecule has 0 unspecified atom stereocenters. The highest BCUT2D eigenvalue weighted by Gasteiger charge is 2.19. The first-order chi connectivity index (χ1) is 11.8. The van der Waals surface area contributed by atoms with Crippen LogP contribution in [0.2, 0.25) is 0 Å². The zero-order chi connectivity index (χ0) is 18.4. The summed E-state index contributed by atoms with van der Waals surface area (Å²) in [6.45, 7) is 0.836. The molecule has 0 aromatic heterocycles. The van der Waals surface area contributed by atoms with Gasteiger partial charge in [-0.2, -0.15) is 0 Å². The summed E-state index contributed by atoms with van der Waals surface area (Å²) >= 11 is 0. The molecule has 0 bridgehead atoms. The lowest BCUT2D eigenvalue weighted by Gasteiger charge is -2.15. The summed E-state index contributed by atoms with van der Waals surface area (Å²) in [5, 5.41) is 11.6. The van der Waals surface area contributed by atoms with E-state index >= 15 is 0 Å². The number of aromatic hydroxyl groups is 1. The smallest absolute Gasteiger partial charge is 0.251 e. The normalized spacial score (nSPS) is 12.6. The molecule has 0 aliphatic carbocycles. The second-order valence-electron chi connectivity index (χ2n) is 5.41. The highest BCUT2D eigenvalue weighted by Crippen LogP contribution is 2.20. The van der Waals surface area contributed by atoms with Gasteiger partial charge in [-0.25, -0.2) is 17.5 Å². The maximum absolute atomic E-state index is 12.5. The Morgan fingerprint density at radius 3 is 2.52 bits per heavy atom. The Hall–Kier alpha value is -2.45. The minimum atomic E-state index is -3.86. The van der Waals surface area contributed by atoms with Gasteiger partial charge < -0.3 is 10.4 Å². The van der Waals surface area contributed by atoms with E-state index in [4.69, 9.17) is 0 Å². The second kappa shape index (κ2) is 8.09. The minimum Gasteiger partial charge on any atom is -0.508 e. The highest BCUT2D eigenvalue weighted by atomic mass is 32.2. The van der Waals surface area contributed by atoms with Gasteiger partial charge in [0.1, 0.15) is 12.4 Å². The molecule has 0 saturated heterocycles. The lowest BCUT2D eigenvalue weighted by atomic mass is 10.1. The van der Waals surface area contributed by atoms with Gasteiger partial charge in [0.15, 0.2) is 0 Å². The molecule has 1 amide bonds. The van der Waals surface area contributed by atoms with Gasteiger partial charge in [0.2, 0.25) is 10.0 Å². The van der Waals surface area contributed by atoms with Gasteiger partial charge >= 0.3 is 0 Å². The number of halogens is 1. The molecule has 25 heavy (non-hydrogen) atoms. The van der Waals surface area contributed by atoms with Crippen molar-refractivity contribution in [2.75, 3.05) is 13.2 Å². The maximum Gasteiger partial charge on any atom is 0.251 e. The summed E-state index contributed by atoms with van der Waals surface area (Å²) in [7, 11) is -3.86. The van der Waals surface area contributed by atoms with E-state index in [2.05, 4.69) is 10.0 Å². The number of benzene rings is 2. The molecule has 0 heterocycles. The summed E-state index contributed by atoms with van der Waals surface area (Å²) in [6, 6.07) is 11.1. The fourth-order valence-electron chi connectivity index (χ4n) is 2.20. The second-order valence-corrected chi connectivity index (χ2v) is 7.12. The topological polar surface area (TPSA) is 95.5 Å². The zero-order valence-electron chi connectivity index (χ0n) is 13.6. The van der Waals surface area contributed by atoms with E-state index < -0.39 is 28.6 Å². The molecule has 0 radical (unpaired) electrons. The number of hydrogen-bond donors (Lipinski definition) is 3. The van der Waals surface area contributed by atoms with Crippen LogP contribution in [-0.2, 0) is 10.0 Å². The third kappa shape index (κ3) is 5.01. The Kier molecular flexibility index (Phi) is 6.11. The van der Waals surface area contributed by atoms with Crippen LogP contribution >= 0.6 is 0 Å². The van der Waals surface area contributed by atoms with Crippen molar-refractivity contribution in [3.63, 3.8) is 0 Å². The summed E-state index contributed by atoms with van der Waals surface area (Å²) in [6.07, 6.45) is 0. The van der Waals surface area contributed by atoms with E-state index in [0.29, 0.717) is 5.56 Å². The number of alkyl halides is 1. The first-order valence-electron chi connectivity index (χ1n) is 7.59. The number of phenolic OH excluding ortho intramolecular Hbond substituents is 1. The predicted octanol–water partition coefficient (Wildman–Crippen LogP) is 2.13. The number of carbonyl (C=O) groups excluding carboxylic acids is 1. The Morgan fingerprint density at radius 1 is 1.20 bits per heavy atom. The lowest BCUT2D eigenvalue weighted by molar-refractivity contribution is 0.0950. The highest BCUT2D eigenvalue weighted by molar-refractivity contribution is 7.89. The van der Waals surface area contributed by atoms with Crippen molar-refractivity contribution in [1.29, 1.82) is 0 Å². The van der Waals surface area contributed by atoms with E-state index in [9.17, 15) is 22.7 Å². The molecule has 2 aromatic carbocycles. The van der Waals surface area contributed by atoms with E-state index in [1.165, 1.54) is 36.4 Å². The van der Waals surface area contributed by atoms with Crippen molar-refractivity contribution in [2.24, 2.45) is 0 Å². The third-order valence-corrected chi connectivity index (χ3v) is 5.05. The number of amides is 1. The number of rotatable bonds is 7. The molecular weight excluding hydrogens is 347 g/mol. The molecular formula is C17H19FN2O4S. The SMILES string of the molecule is C[C@H](NS(=O)(=O)c1cccc(C(=O)NCCF)c1)c1ccc(O)cc1. The maximum atomic E-state index is 12.5. The van der Waals surface area contributed by atoms with Crippen LogP contribution in [0.4, 0.5) is 4.39 Å². The largest absolute Gasteiger partial charge is 0.508 e. The number of sulfonamides is 1. The standard InChI is InChI=1S/C17H19FN2O4S/c1-12(13-5-7-15(21)8-6-13)20-25(23,24)16-4-2-3-14(11-16)17(22)19-10-9-18/h2-8,11-12,20-21H,9-10H2,1H3,(H,19,22)/t12-/m0/s1. The molecule has 8 heteroatoms. The van der Waals surface area contributed by atoms with Crippen molar-refractivity contribution in [2.45, 2.75) is 17.9 Å². The van der Waals surface area contributed by atoms with Gasteiger partial charge in [0.25, 0.3) is 5.91 Å². The average Bonchev–Trinajstić information content (AvgIpc) is 2.60. The van der Waals surface area contributed by atoms with Crippen LogP contribution in [0, 0.1) is 0 Å². The number of carbonyl (C=O) groups is 1. The molecule has 134 valence electrons. The van der Waals surface area contributed by atoms with Crippen LogP contribution in [0.15, 0.2) is 53.4 Å². The third-order valence-electron chi connectivity index (χ3n) is 3.51. The average molecular weight is 366 g/mol. The predicted molar refractivity (Wildman–Crippen MR) is 91.6 cm³/mol. The zero-order valence-corrected chi connectivity index (χ0v) is 14.4. The summed E-state index contributed by atoms with van der Waals surface area (Å²) in [5.41, 5.74) is 0.812. The van der Waals surface area contributed by atoms with Crippen LogP contribution in [0.3, 0.4) is 0 Å². The Balaban J connectivity index is 2.18. The van der Waals surface area contributed by atoms with Crippen LogP contribution < -0.4 is 10.0 Å². The number of hydrogen-bond acceptors (Lipinski definition) is 4. The molecule has 0 saturated carbocycles. The van der Waals surface area contributed by atoms with Crippen molar-refractivity contribution in [3.05, 3.63) is 59.7 Å². The molecule has 6 nitrogen and oxygen atoms in total. The summed E-state index contributed by atoms with van der Waals surface area (Å²) in [4.78, 5) is 11.8. The van der Waals surface area contributed by atoms with Crippen LogP contribution in [0.5, 0.6) is 5.75 Å². The van der Waals surface area contributed by atoms with Crippen molar-refractivity contribution < 1.29 is 22.7 Å². The van der Waals surface area contributed by atoms with Gasteiger partial charge in [-0.1, -0.05) is 18.2 Å². The number of phenols is 1. The Labute approximate surface area is 145 Å². The molecule has 0 aliphatic heterocycles. The first kappa shape index (κ1) is 18.9. The molecule has 1 atom stereocenters. The molecule has 0 fully saturated rings. The van der Waals surface area contributed by atoms with Crippen molar-refractivity contribution in [1.82, 2.24) is 10.0 Å². The van der Waals surface area contributed by atoms with Crippen LogP contribution in [0.25, 0.3) is 0 Å². The van der Waals surface area contributed by atoms with Gasteiger partial charge in [-0.05, 0) is 42.8 Å². The van der Waals surface area contributed by atoms with E-state index in [1.54, 1.807) is 19.1 Å².